The summed E-state index contributed by atoms with van der Waals surface area (Å²) in [7, 11) is 1.46. The number of carbonyl (C=O) groups is 1. The van der Waals surface area contributed by atoms with Crippen molar-refractivity contribution < 1.29 is 18.8 Å². The van der Waals surface area contributed by atoms with Crippen molar-refractivity contribution in [2.24, 2.45) is 0 Å². The molecule has 2 aliphatic rings. The summed E-state index contributed by atoms with van der Waals surface area (Å²) in [6, 6.07) is 6.35. The van der Waals surface area contributed by atoms with Gasteiger partial charge in [0.05, 0.1) is 16.7 Å². The molecular weight excluding hydrogens is 353 g/mol. The first kappa shape index (κ1) is 21.2. The second-order valence-electron chi connectivity index (χ2n) is 10.3. The zero-order valence-electron chi connectivity index (χ0n) is 18.8. The summed E-state index contributed by atoms with van der Waals surface area (Å²) in [6.45, 7) is 16.0. The molecule has 5 nitrogen and oxygen atoms in total. The minimum absolute atomic E-state index is 0.294. The molecule has 28 heavy (non-hydrogen) atoms. The van der Waals surface area contributed by atoms with Crippen molar-refractivity contribution in [2.45, 2.75) is 90.6 Å². The van der Waals surface area contributed by atoms with E-state index in [1.54, 1.807) is 4.90 Å². The molecule has 1 unspecified atom stereocenters. The minimum atomic E-state index is -0.510. The summed E-state index contributed by atoms with van der Waals surface area (Å²) in [4.78, 5) is 14.4. The molecule has 0 saturated carbocycles. The van der Waals surface area contributed by atoms with Gasteiger partial charge in [-0.1, -0.05) is 18.2 Å². The molecule has 3 rings (SSSR count). The van der Waals surface area contributed by atoms with Gasteiger partial charge in [-0.3, -0.25) is 0 Å². The number of ether oxygens (including phenoxy) is 1. The first-order valence-electron chi connectivity index (χ1n) is 10.1. The van der Waals surface area contributed by atoms with E-state index >= 15 is 0 Å². The van der Waals surface area contributed by atoms with Crippen LogP contribution in [0.4, 0.5) is 4.79 Å². The Balaban J connectivity index is 1.84. The van der Waals surface area contributed by atoms with Crippen molar-refractivity contribution in [3.63, 3.8) is 0 Å². The van der Waals surface area contributed by atoms with Gasteiger partial charge in [-0.05, 0) is 84.8 Å². The van der Waals surface area contributed by atoms with E-state index in [9.17, 15) is 4.79 Å². The van der Waals surface area contributed by atoms with E-state index in [1.807, 2.05) is 27.8 Å². The normalized spacial score (nSPS) is 25.5. The Hall–Kier alpha value is -1.53. The van der Waals surface area contributed by atoms with Crippen LogP contribution in [0, 0.1) is 0 Å². The van der Waals surface area contributed by atoms with Gasteiger partial charge in [0.1, 0.15) is 5.60 Å². The van der Waals surface area contributed by atoms with Gasteiger partial charge in [0.15, 0.2) is 0 Å². The van der Waals surface area contributed by atoms with E-state index in [1.165, 1.54) is 11.1 Å². The second kappa shape index (κ2) is 6.49. The molecule has 1 aromatic rings. The van der Waals surface area contributed by atoms with Crippen molar-refractivity contribution >= 4 is 18.7 Å². The Morgan fingerprint density at radius 3 is 2.21 bits per heavy atom. The predicted octanol–water partition coefficient (Wildman–Crippen LogP) is 4.01. The lowest BCUT2D eigenvalue weighted by atomic mass is 9.77. The number of aryl methyl sites for hydroxylation is 1. The number of rotatable bonds is 2. The summed E-state index contributed by atoms with van der Waals surface area (Å²) in [5, 5.41) is 0. The van der Waals surface area contributed by atoms with Gasteiger partial charge in [0, 0.05) is 7.05 Å². The number of fused-ring (bicyclic) bond motifs is 1. The molecule has 1 aliphatic carbocycles. The smallest absolute Gasteiger partial charge is 0.444 e. The molecule has 1 atom stereocenters. The summed E-state index contributed by atoms with van der Waals surface area (Å²) < 4.78 is 18.0. The van der Waals surface area contributed by atoms with Gasteiger partial charge in [-0.15, -0.1) is 0 Å². The molecule has 0 N–H and O–H groups in total. The SMILES string of the molecule is CN(C(=O)OC(C)(C)C)C1(C)CCc2cc(B3OC(C)(C)C(C)(C)O3)ccc21. The maximum atomic E-state index is 12.6. The summed E-state index contributed by atoms with van der Waals surface area (Å²) in [6.07, 6.45) is 1.48. The molecule has 0 spiro atoms. The van der Waals surface area contributed by atoms with E-state index in [0.717, 1.165) is 18.3 Å². The Kier molecular flexibility index (Phi) is 4.91. The maximum Gasteiger partial charge on any atom is 0.494 e. The molecule has 0 radical (unpaired) electrons. The quantitative estimate of drug-likeness (QED) is 0.720. The average Bonchev–Trinajstić information content (AvgIpc) is 2.99. The third kappa shape index (κ3) is 3.57. The Bertz CT molecular complexity index is 767. The van der Waals surface area contributed by atoms with Gasteiger partial charge in [-0.2, -0.15) is 0 Å². The van der Waals surface area contributed by atoms with Gasteiger partial charge in [0.2, 0.25) is 0 Å². The molecule has 1 fully saturated rings. The third-order valence-corrected chi connectivity index (χ3v) is 6.52. The van der Waals surface area contributed by atoms with Crippen LogP contribution in [0.15, 0.2) is 18.2 Å². The largest absolute Gasteiger partial charge is 0.494 e. The molecule has 1 heterocycles. The fourth-order valence-electron chi connectivity index (χ4n) is 3.86. The topological polar surface area (TPSA) is 48.0 Å². The molecule has 1 aliphatic heterocycles. The minimum Gasteiger partial charge on any atom is -0.444 e. The van der Waals surface area contributed by atoms with E-state index in [-0.39, 0.29) is 30.0 Å². The molecule has 1 saturated heterocycles. The van der Waals surface area contributed by atoms with Gasteiger partial charge in [-0.25, -0.2) is 4.79 Å². The van der Waals surface area contributed by atoms with E-state index in [0.29, 0.717) is 0 Å². The number of carbonyl (C=O) groups excluding carboxylic acids is 1. The highest BCUT2D eigenvalue weighted by Crippen LogP contribution is 2.42. The van der Waals surface area contributed by atoms with Crippen LogP contribution >= 0.6 is 0 Å². The maximum absolute atomic E-state index is 12.6. The van der Waals surface area contributed by atoms with Crippen molar-refractivity contribution in [3.05, 3.63) is 29.3 Å². The lowest BCUT2D eigenvalue weighted by Crippen LogP contribution is -2.46. The predicted molar refractivity (Wildman–Crippen MR) is 112 cm³/mol. The first-order valence-corrected chi connectivity index (χ1v) is 10.1. The van der Waals surface area contributed by atoms with Crippen LogP contribution in [-0.4, -0.2) is 42.0 Å². The van der Waals surface area contributed by atoms with Crippen molar-refractivity contribution in [1.29, 1.82) is 0 Å². The third-order valence-electron chi connectivity index (χ3n) is 6.52. The standard InChI is InChI=1S/C22H34BNO4/c1-19(2,3)26-18(25)24(9)22(8)13-12-15-14-16(10-11-17(15)22)23-27-20(4,5)21(6,7)28-23/h10-11,14H,12-13H2,1-9H3. The fraction of sp³-hybridized carbons (Fsp3) is 0.682. The van der Waals surface area contributed by atoms with Crippen molar-refractivity contribution in [3.8, 4) is 0 Å². The number of hydrogen-bond acceptors (Lipinski definition) is 4. The average molecular weight is 387 g/mol. The lowest BCUT2D eigenvalue weighted by molar-refractivity contribution is 0.00578. The monoisotopic (exact) mass is 387 g/mol. The molecular formula is C22H34BNO4. The molecule has 0 bridgehead atoms. The highest BCUT2D eigenvalue weighted by atomic mass is 16.7. The van der Waals surface area contributed by atoms with Crippen LogP contribution in [0.2, 0.25) is 0 Å². The molecule has 154 valence electrons. The molecule has 1 amide bonds. The Labute approximate surface area is 169 Å². The zero-order valence-corrected chi connectivity index (χ0v) is 18.8. The van der Waals surface area contributed by atoms with E-state index in [2.05, 4.69) is 52.8 Å². The fourth-order valence-corrected chi connectivity index (χ4v) is 3.86. The molecule has 1 aromatic carbocycles. The van der Waals surface area contributed by atoms with Crippen LogP contribution in [0.1, 0.15) is 72.9 Å². The zero-order chi connectivity index (χ0) is 21.1. The van der Waals surface area contributed by atoms with E-state index < -0.39 is 5.60 Å². The summed E-state index contributed by atoms with van der Waals surface area (Å²) >= 11 is 0. The summed E-state index contributed by atoms with van der Waals surface area (Å²) in [5.41, 5.74) is 1.83. The number of benzene rings is 1. The van der Waals surface area contributed by atoms with Gasteiger partial charge >= 0.3 is 13.2 Å². The van der Waals surface area contributed by atoms with Crippen LogP contribution < -0.4 is 5.46 Å². The van der Waals surface area contributed by atoms with Crippen molar-refractivity contribution in [2.75, 3.05) is 7.05 Å². The Morgan fingerprint density at radius 1 is 1.11 bits per heavy atom. The second-order valence-corrected chi connectivity index (χ2v) is 10.3. The highest BCUT2D eigenvalue weighted by molar-refractivity contribution is 6.62. The Morgan fingerprint density at radius 2 is 1.68 bits per heavy atom. The van der Waals surface area contributed by atoms with Gasteiger partial charge in [0.25, 0.3) is 0 Å². The first-order chi connectivity index (χ1) is 12.7. The lowest BCUT2D eigenvalue weighted by Gasteiger charge is -2.37. The van der Waals surface area contributed by atoms with E-state index in [4.69, 9.17) is 14.0 Å². The number of amides is 1. The van der Waals surface area contributed by atoms with Crippen LogP contribution in [0.25, 0.3) is 0 Å². The van der Waals surface area contributed by atoms with Crippen molar-refractivity contribution in [1.82, 2.24) is 4.90 Å². The summed E-state index contributed by atoms with van der Waals surface area (Å²) in [5.74, 6) is 0. The number of nitrogens with zero attached hydrogens (tertiary/aromatic N) is 1. The van der Waals surface area contributed by atoms with Gasteiger partial charge < -0.3 is 18.9 Å². The van der Waals surface area contributed by atoms with Crippen LogP contribution in [0.3, 0.4) is 0 Å². The highest BCUT2D eigenvalue weighted by Gasteiger charge is 2.52. The van der Waals surface area contributed by atoms with Crippen LogP contribution in [0.5, 0.6) is 0 Å². The molecule has 6 heteroatoms. The molecule has 0 aromatic heterocycles. The number of hydrogen-bond donors (Lipinski definition) is 0. The van der Waals surface area contributed by atoms with Crippen LogP contribution in [-0.2, 0) is 26.0 Å².